The van der Waals surface area contributed by atoms with Crippen LogP contribution >= 0.6 is 11.8 Å². The molecule has 2 heterocycles. The molecule has 0 saturated carbocycles. The van der Waals surface area contributed by atoms with E-state index in [2.05, 4.69) is 4.98 Å². The maximum absolute atomic E-state index is 12.2. The van der Waals surface area contributed by atoms with Crippen LogP contribution in [0.1, 0.15) is 19.8 Å². The van der Waals surface area contributed by atoms with Crippen molar-refractivity contribution in [1.82, 2.24) is 14.2 Å². The third-order valence-corrected chi connectivity index (χ3v) is 6.39. The topological polar surface area (TPSA) is 70.6 Å². The molecule has 1 saturated heterocycles. The Bertz CT molecular complexity index is 623. The summed E-state index contributed by atoms with van der Waals surface area (Å²) in [5.41, 5.74) is 0. The van der Waals surface area contributed by atoms with Gasteiger partial charge in [0, 0.05) is 33.4 Å². The number of likely N-dealkylation sites (tertiary alicyclic amines) is 1. The molecule has 0 aliphatic carbocycles. The second-order valence-electron chi connectivity index (χ2n) is 5.41. The van der Waals surface area contributed by atoms with Gasteiger partial charge in [-0.05, 0) is 31.9 Å². The van der Waals surface area contributed by atoms with Crippen LogP contribution in [0.2, 0.25) is 0 Å². The molecule has 0 bridgehead atoms. The molecule has 0 spiro atoms. The summed E-state index contributed by atoms with van der Waals surface area (Å²) in [6.07, 6.45) is 3.47. The first-order valence-corrected chi connectivity index (χ1v) is 9.48. The molecule has 1 aromatic heterocycles. The highest BCUT2D eigenvalue weighted by Crippen LogP contribution is 2.25. The average Bonchev–Trinajstić information content (AvgIpc) is 3.01. The minimum Gasteiger partial charge on any atom is -0.342 e. The third-order valence-electron chi connectivity index (χ3n) is 3.55. The second-order valence-corrected chi connectivity index (χ2v) is 8.92. The molecular formula is C14H21N3O3S2. The van der Waals surface area contributed by atoms with Crippen LogP contribution in [-0.4, -0.2) is 60.9 Å². The van der Waals surface area contributed by atoms with Crippen molar-refractivity contribution in [2.75, 3.05) is 27.2 Å². The lowest BCUT2D eigenvalue weighted by atomic mass is 10.4. The summed E-state index contributed by atoms with van der Waals surface area (Å²) < 4.78 is 25.1. The van der Waals surface area contributed by atoms with Crippen molar-refractivity contribution >= 4 is 27.7 Å². The summed E-state index contributed by atoms with van der Waals surface area (Å²) in [6.45, 7) is 3.52. The van der Waals surface area contributed by atoms with Gasteiger partial charge in [-0.3, -0.25) is 4.79 Å². The van der Waals surface area contributed by atoms with Crippen LogP contribution in [0.4, 0.5) is 0 Å². The molecule has 1 aromatic rings. The number of amides is 1. The minimum atomic E-state index is -3.47. The van der Waals surface area contributed by atoms with Crippen molar-refractivity contribution in [3.05, 3.63) is 18.3 Å². The van der Waals surface area contributed by atoms with Crippen LogP contribution in [0.5, 0.6) is 0 Å². The molecule has 0 unspecified atom stereocenters. The summed E-state index contributed by atoms with van der Waals surface area (Å²) >= 11 is 1.36. The maximum atomic E-state index is 12.2. The first kappa shape index (κ1) is 17.2. The van der Waals surface area contributed by atoms with E-state index < -0.39 is 10.0 Å². The Labute approximate surface area is 135 Å². The van der Waals surface area contributed by atoms with E-state index >= 15 is 0 Å². The first-order valence-electron chi connectivity index (χ1n) is 7.16. The van der Waals surface area contributed by atoms with Crippen LogP contribution in [-0.2, 0) is 14.8 Å². The number of aromatic nitrogens is 1. The van der Waals surface area contributed by atoms with Crippen molar-refractivity contribution in [1.29, 1.82) is 0 Å². The van der Waals surface area contributed by atoms with Gasteiger partial charge in [0.25, 0.3) is 0 Å². The molecule has 1 amide bonds. The van der Waals surface area contributed by atoms with E-state index in [0.717, 1.165) is 30.2 Å². The summed E-state index contributed by atoms with van der Waals surface area (Å²) in [7, 11) is -0.503. The zero-order valence-electron chi connectivity index (χ0n) is 13.0. The highest BCUT2D eigenvalue weighted by molar-refractivity contribution is 8.00. The Morgan fingerprint density at radius 2 is 1.95 bits per heavy atom. The summed E-state index contributed by atoms with van der Waals surface area (Å²) in [5.74, 6) is 0.120. The number of sulfonamides is 1. The molecule has 1 fully saturated rings. The normalized spacial score (nSPS) is 17.0. The number of rotatable bonds is 5. The lowest BCUT2D eigenvalue weighted by Gasteiger charge is -2.19. The largest absolute Gasteiger partial charge is 0.342 e. The molecule has 1 aliphatic rings. The van der Waals surface area contributed by atoms with Crippen molar-refractivity contribution in [3.63, 3.8) is 0 Å². The fraction of sp³-hybridized carbons (Fsp3) is 0.571. The Kier molecular flexibility index (Phi) is 5.46. The highest BCUT2D eigenvalue weighted by Gasteiger charge is 2.24. The number of pyridine rings is 1. The second kappa shape index (κ2) is 6.97. The molecule has 2 rings (SSSR count). The average molecular weight is 343 g/mol. The number of carbonyl (C=O) groups is 1. The van der Waals surface area contributed by atoms with E-state index in [0.29, 0.717) is 5.03 Å². The fourth-order valence-corrected chi connectivity index (χ4v) is 3.95. The van der Waals surface area contributed by atoms with Gasteiger partial charge in [0.1, 0.15) is 4.90 Å². The third kappa shape index (κ3) is 3.80. The van der Waals surface area contributed by atoms with Crippen molar-refractivity contribution < 1.29 is 13.2 Å². The fourth-order valence-electron chi connectivity index (χ4n) is 2.23. The molecule has 122 valence electrons. The lowest BCUT2D eigenvalue weighted by Crippen LogP contribution is -2.34. The molecule has 22 heavy (non-hydrogen) atoms. The van der Waals surface area contributed by atoms with Gasteiger partial charge in [0.05, 0.1) is 10.3 Å². The number of thioether (sulfide) groups is 1. The molecule has 6 nitrogen and oxygen atoms in total. The first-order chi connectivity index (χ1) is 10.3. The Morgan fingerprint density at radius 1 is 1.32 bits per heavy atom. The van der Waals surface area contributed by atoms with E-state index in [1.807, 2.05) is 11.8 Å². The summed E-state index contributed by atoms with van der Waals surface area (Å²) in [6, 6.07) is 3.17. The zero-order valence-corrected chi connectivity index (χ0v) is 14.7. The van der Waals surface area contributed by atoms with E-state index in [-0.39, 0.29) is 16.1 Å². The number of nitrogens with zero attached hydrogens (tertiary/aromatic N) is 3. The van der Waals surface area contributed by atoms with Gasteiger partial charge in [-0.15, -0.1) is 0 Å². The van der Waals surface area contributed by atoms with E-state index in [1.165, 1.54) is 38.1 Å². The SMILES string of the molecule is C[C@@H](Sc1ccc(S(=O)(=O)N(C)C)cn1)C(=O)N1CCCC1. The van der Waals surface area contributed by atoms with E-state index in [9.17, 15) is 13.2 Å². The van der Waals surface area contributed by atoms with Crippen LogP contribution in [0.3, 0.4) is 0 Å². The Hall–Kier alpha value is -1.12. The van der Waals surface area contributed by atoms with Gasteiger partial charge in [0.15, 0.2) is 0 Å². The van der Waals surface area contributed by atoms with E-state index in [4.69, 9.17) is 0 Å². The molecule has 0 aromatic carbocycles. The van der Waals surface area contributed by atoms with Crippen molar-refractivity contribution in [2.45, 2.75) is 34.9 Å². The lowest BCUT2D eigenvalue weighted by molar-refractivity contribution is -0.129. The van der Waals surface area contributed by atoms with Gasteiger partial charge in [0.2, 0.25) is 15.9 Å². The minimum absolute atomic E-state index is 0.120. The molecule has 0 radical (unpaired) electrons. The quantitative estimate of drug-likeness (QED) is 0.757. The van der Waals surface area contributed by atoms with Gasteiger partial charge in [-0.25, -0.2) is 17.7 Å². The van der Waals surface area contributed by atoms with Crippen LogP contribution in [0, 0.1) is 0 Å². The number of carbonyl (C=O) groups excluding carboxylic acids is 1. The van der Waals surface area contributed by atoms with Crippen molar-refractivity contribution in [3.8, 4) is 0 Å². The van der Waals surface area contributed by atoms with Gasteiger partial charge in [-0.1, -0.05) is 11.8 Å². The zero-order chi connectivity index (χ0) is 16.3. The highest BCUT2D eigenvalue weighted by atomic mass is 32.2. The number of hydrogen-bond donors (Lipinski definition) is 0. The Morgan fingerprint density at radius 3 is 2.45 bits per heavy atom. The smallest absolute Gasteiger partial charge is 0.244 e. The van der Waals surface area contributed by atoms with Crippen LogP contribution in [0.15, 0.2) is 28.3 Å². The van der Waals surface area contributed by atoms with Crippen LogP contribution in [0.25, 0.3) is 0 Å². The molecule has 0 N–H and O–H groups in total. The molecule has 1 aliphatic heterocycles. The predicted molar refractivity (Wildman–Crippen MR) is 86.2 cm³/mol. The van der Waals surface area contributed by atoms with E-state index in [1.54, 1.807) is 6.07 Å². The van der Waals surface area contributed by atoms with Gasteiger partial charge < -0.3 is 4.90 Å². The molecule has 1 atom stereocenters. The van der Waals surface area contributed by atoms with Gasteiger partial charge >= 0.3 is 0 Å². The van der Waals surface area contributed by atoms with Gasteiger partial charge in [-0.2, -0.15) is 0 Å². The number of hydrogen-bond acceptors (Lipinski definition) is 5. The van der Waals surface area contributed by atoms with Crippen molar-refractivity contribution in [2.24, 2.45) is 0 Å². The Balaban J connectivity index is 2.03. The maximum Gasteiger partial charge on any atom is 0.244 e. The molecule has 8 heteroatoms. The summed E-state index contributed by atoms with van der Waals surface area (Å²) in [5, 5.41) is 0.430. The standard InChI is InChI=1S/C14H21N3O3S2/c1-11(14(18)17-8-4-5-9-17)21-13-7-6-12(10-15-13)22(19,20)16(2)3/h6-7,10-11H,4-5,8-9H2,1-3H3/t11-/m1/s1. The monoisotopic (exact) mass is 343 g/mol. The van der Waals surface area contributed by atoms with Crippen LogP contribution < -0.4 is 0 Å². The molecular weight excluding hydrogens is 322 g/mol. The summed E-state index contributed by atoms with van der Waals surface area (Å²) in [4.78, 5) is 18.4. The predicted octanol–water partition coefficient (Wildman–Crippen LogP) is 1.43.